The van der Waals surface area contributed by atoms with E-state index in [1.54, 1.807) is 13.0 Å². The average Bonchev–Trinajstić information content (AvgIpc) is 1.84. The first-order valence-electron chi connectivity index (χ1n) is 3.35. The van der Waals surface area contributed by atoms with Crippen LogP contribution in [0, 0.1) is 5.92 Å². The second-order valence-corrected chi connectivity index (χ2v) is 2.87. The number of hydrogen-bond donors (Lipinski definition) is 2. The van der Waals surface area contributed by atoms with Gasteiger partial charge in [-0.25, -0.2) is 0 Å². The van der Waals surface area contributed by atoms with Crippen LogP contribution in [0.4, 0.5) is 0 Å². The van der Waals surface area contributed by atoms with Gasteiger partial charge in [-0.3, -0.25) is 0 Å². The molecular weight excluding hydrogens is 128 g/mol. The molecule has 0 saturated heterocycles. The lowest BCUT2D eigenvalue weighted by atomic mass is 9.85. The van der Waals surface area contributed by atoms with Crippen molar-refractivity contribution in [3.63, 3.8) is 0 Å². The third-order valence-corrected chi connectivity index (χ3v) is 2.06. The largest absolute Gasteiger partial charge is 0.509 e. The van der Waals surface area contributed by atoms with Gasteiger partial charge in [0.15, 0.2) is 0 Å². The molecule has 0 aliphatic heterocycles. The molecule has 1 rings (SSSR count). The highest BCUT2D eigenvalue weighted by atomic mass is 16.3. The standard InChI is InChI=1S/C8H12O2/c1-6-4-3-5-7(9)8(6,2)10/h3-6,9-10H,1-2H3. The molecule has 2 heteroatoms. The zero-order valence-corrected chi connectivity index (χ0v) is 6.20. The molecule has 0 amide bonds. The Balaban J connectivity index is 2.93. The molecule has 2 N–H and O–H groups in total. The van der Waals surface area contributed by atoms with Gasteiger partial charge < -0.3 is 10.2 Å². The molecule has 0 aromatic heterocycles. The molecule has 0 spiro atoms. The fraction of sp³-hybridized carbons (Fsp3) is 0.500. The normalized spacial score (nSPS) is 39.5. The first-order valence-corrected chi connectivity index (χ1v) is 3.35. The maximum atomic E-state index is 9.54. The average molecular weight is 140 g/mol. The summed E-state index contributed by atoms with van der Waals surface area (Å²) in [5.74, 6) is 0.0278. The van der Waals surface area contributed by atoms with Gasteiger partial charge in [-0.15, -0.1) is 0 Å². The molecule has 2 atom stereocenters. The number of allylic oxidation sites excluding steroid dienone is 2. The summed E-state index contributed by atoms with van der Waals surface area (Å²) in [6, 6.07) is 0. The molecule has 1 aliphatic carbocycles. The molecule has 0 heterocycles. The van der Waals surface area contributed by atoms with Gasteiger partial charge in [0.05, 0.1) is 0 Å². The predicted molar refractivity (Wildman–Crippen MR) is 39.6 cm³/mol. The number of aliphatic hydroxyl groups is 2. The van der Waals surface area contributed by atoms with Gasteiger partial charge in [0, 0.05) is 5.92 Å². The van der Waals surface area contributed by atoms with Crippen molar-refractivity contribution >= 4 is 0 Å². The molecule has 10 heavy (non-hydrogen) atoms. The summed E-state index contributed by atoms with van der Waals surface area (Å²) >= 11 is 0. The quantitative estimate of drug-likeness (QED) is 0.533. The Kier molecular flexibility index (Phi) is 1.57. The topological polar surface area (TPSA) is 40.5 Å². The zero-order chi connectivity index (χ0) is 7.78. The minimum atomic E-state index is -1.07. The van der Waals surface area contributed by atoms with Crippen molar-refractivity contribution in [2.24, 2.45) is 5.92 Å². The second kappa shape index (κ2) is 2.13. The van der Waals surface area contributed by atoms with E-state index in [1.807, 2.05) is 13.0 Å². The molecular formula is C8H12O2. The van der Waals surface area contributed by atoms with E-state index in [-0.39, 0.29) is 11.7 Å². The highest BCUT2D eigenvalue weighted by molar-refractivity contribution is 5.23. The van der Waals surface area contributed by atoms with Crippen LogP contribution >= 0.6 is 0 Å². The van der Waals surface area contributed by atoms with E-state index >= 15 is 0 Å². The summed E-state index contributed by atoms with van der Waals surface area (Å²) in [5, 5.41) is 18.7. The van der Waals surface area contributed by atoms with Crippen LogP contribution in [0.15, 0.2) is 24.0 Å². The summed E-state index contributed by atoms with van der Waals surface area (Å²) in [6.45, 7) is 3.46. The molecule has 56 valence electrons. The van der Waals surface area contributed by atoms with Crippen LogP contribution in [0.5, 0.6) is 0 Å². The van der Waals surface area contributed by atoms with Crippen LogP contribution in [0.1, 0.15) is 13.8 Å². The van der Waals surface area contributed by atoms with E-state index in [9.17, 15) is 5.11 Å². The third kappa shape index (κ3) is 0.948. The Morgan fingerprint density at radius 3 is 2.60 bits per heavy atom. The molecule has 0 bridgehead atoms. The minimum absolute atomic E-state index is 0.0162. The first kappa shape index (κ1) is 7.35. The molecule has 0 saturated carbocycles. The summed E-state index contributed by atoms with van der Waals surface area (Å²) < 4.78 is 0. The summed E-state index contributed by atoms with van der Waals surface area (Å²) in [7, 11) is 0. The summed E-state index contributed by atoms with van der Waals surface area (Å²) in [6.07, 6.45) is 5.12. The van der Waals surface area contributed by atoms with Crippen LogP contribution in [0.3, 0.4) is 0 Å². The van der Waals surface area contributed by atoms with Crippen molar-refractivity contribution in [2.45, 2.75) is 19.4 Å². The van der Waals surface area contributed by atoms with Gasteiger partial charge in [-0.1, -0.05) is 19.1 Å². The summed E-state index contributed by atoms with van der Waals surface area (Å²) in [4.78, 5) is 0. The van der Waals surface area contributed by atoms with Crippen molar-refractivity contribution in [1.29, 1.82) is 0 Å². The monoisotopic (exact) mass is 140 g/mol. The third-order valence-electron chi connectivity index (χ3n) is 2.06. The van der Waals surface area contributed by atoms with Crippen LogP contribution in [0.25, 0.3) is 0 Å². The van der Waals surface area contributed by atoms with Crippen molar-refractivity contribution < 1.29 is 10.2 Å². The van der Waals surface area contributed by atoms with E-state index in [4.69, 9.17) is 5.11 Å². The van der Waals surface area contributed by atoms with Gasteiger partial charge in [-0.05, 0) is 13.0 Å². The number of aliphatic hydroxyl groups excluding tert-OH is 1. The predicted octanol–water partition coefficient (Wildman–Crippen LogP) is 1.39. The lowest BCUT2D eigenvalue weighted by Crippen LogP contribution is -2.35. The zero-order valence-electron chi connectivity index (χ0n) is 6.20. The smallest absolute Gasteiger partial charge is 0.124 e. The first-order chi connectivity index (χ1) is 4.55. The van der Waals surface area contributed by atoms with E-state index < -0.39 is 5.60 Å². The Labute approximate surface area is 60.5 Å². The summed E-state index contributed by atoms with van der Waals surface area (Å²) in [5.41, 5.74) is -1.07. The van der Waals surface area contributed by atoms with Gasteiger partial charge in [-0.2, -0.15) is 0 Å². The SMILES string of the molecule is CC1C=CC=C(O)C1(C)O. The molecule has 2 unspecified atom stereocenters. The van der Waals surface area contributed by atoms with Crippen molar-refractivity contribution in [2.75, 3.05) is 0 Å². The van der Waals surface area contributed by atoms with E-state index in [2.05, 4.69) is 0 Å². The second-order valence-electron chi connectivity index (χ2n) is 2.87. The fourth-order valence-corrected chi connectivity index (χ4v) is 0.903. The molecule has 0 aromatic carbocycles. The van der Waals surface area contributed by atoms with Gasteiger partial charge in [0.2, 0.25) is 0 Å². The Hall–Kier alpha value is -0.760. The fourth-order valence-electron chi connectivity index (χ4n) is 0.903. The molecule has 1 aliphatic rings. The van der Waals surface area contributed by atoms with Crippen LogP contribution in [0.2, 0.25) is 0 Å². The van der Waals surface area contributed by atoms with E-state index in [0.717, 1.165) is 0 Å². The number of hydrogen-bond acceptors (Lipinski definition) is 2. The Morgan fingerprint density at radius 2 is 2.20 bits per heavy atom. The van der Waals surface area contributed by atoms with Gasteiger partial charge >= 0.3 is 0 Å². The van der Waals surface area contributed by atoms with E-state index in [0.29, 0.717) is 0 Å². The van der Waals surface area contributed by atoms with Crippen molar-refractivity contribution in [3.8, 4) is 0 Å². The van der Waals surface area contributed by atoms with Crippen LogP contribution < -0.4 is 0 Å². The maximum absolute atomic E-state index is 9.54. The highest BCUT2D eigenvalue weighted by Gasteiger charge is 2.32. The maximum Gasteiger partial charge on any atom is 0.124 e. The highest BCUT2D eigenvalue weighted by Crippen LogP contribution is 2.27. The Morgan fingerprint density at radius 1 is 1.60 bits per heavy atom. The van der Waals surface area contributed by atoms with Crippen molar-refractivity contribution in [1.82, 2.24) is 0 Å². The minimum Gasteiger partial charge on any atom is -0.509 e. The molecule has 0 aromatic rings. The molecule has 0 radical (unpaired) electrons. The van der Waals surface area contributed by atoms with E-state index in [1.165, 1.54) is 6.08 Å². The lowest BCUT2D eigenvalue weighted by Gasteiger charge is -2.29. The van der Waals surface area contributed by atoms with Gasteiger partial charge in [0.25, 0.3) is 0 Å². The number of rotatable bonds is 0. The van der Waals surface area contributed by atoms with Crippen LogP contribution in [-0.2, 0) is 0 Å². The lowest BCUT2D eigenvalue weighted by molar-refractivity contribution is 0.0193. The van der Waals surface area contributed by atoms with Crippen molar-refractivity contribution in [3.05, 3.63) is 24.0 Å². The molecule has 0 fully saturated rings. The van der Waals surface area contributed by atoms with Gasteiger partial charge in [0.1, 0.15) is 11.4 Å². The Bertz CT molecular complexity index is 189. The van der Waals surface area contributed by atoms with Crippen LogP contribution in [-0.4, -0.2) is 15.8 Å². The molecule has 2 nitrogen and oxygen atoms in total.